The molecule has 0 aromatic heterocycles. The third-order valence-corrected chi connectivity index (χ3v) is 3.93. The summed E-state index contributed by atoms with van der Waals surface area (Å²) in [7, 11) is 4.28. The molecule has 0 heterocycles. The Hall–Kier alpha value is -0.570. The van der Waals surface area contributed by atoms with Crippen molar-refractivity contribution in [2.24, 2.45) is 0 Å². The van der Waals surface area contributed by atoms with E-state index in [1.54, 1.807) is 0 Å². The molecule has 0 aliphatic rings. The fraction of sp³-hybridized carbons (Fsp3) is 0.944. The lowest BCUT2D eigenvalue weighted by molar-refractivity contribution is -0.858. The summed E-state index contributed by atoms with van der Waals surface area (Å²) >= 11 is 0. The number of hydrogen-bond acceptors (Lipinski definition) is 2. The second-order valence-electron chi connectivity index (χ2n) is 6.59. The molecule has 0 fully saturated rings. The Morgan fingerprint density at radius 1 is 0.905 bits per heavy atom. The van der Waals surface area contributed by atoms with Gasteiger partial charge in [0.1, 0.15) is 6.10 Å². The standard InChI is InChI=1S/C18H37NO2/c1-5-6-7-8-9-10-11-12-13-14-18(21-17(2)20)15-16-19(3)4/h18H,5-16H2,1-4H3/p+1. The third-order valence-electron chi connectivity index (χ3n) is 3.93. The normalized spacial score (nSPS) is 12.6. The first-order valence-corrected chi connectivity index (χ1v) is 9.02. The number of ether oxygens (including phenoxy) is 1. The van der Waals surface area contributed by atoms with E-state index in [0.717, 1.165) is 19.4 Å². The van der Waals surface area contributed by atoms with Crippen molar-refractivity contribution in [3.63, 3.8) is 0 Å². The Labute approximate surface area is 132 Å². The summed E-state index contributed by atoms with van der Waals surface area (Å²) in [5.74, 6) is -0.135. The Morgan fingerprint density at radius 3 is 1.90 bits per heavy atom. The van der Waals surface area contributed by atoms with Crippen molar-refractivity contribution >= 4 is 5.97 Å². The van der Waals surface area contributed by atoms with Gasteiger partial charge in [-0.1, -0.05) is 58.3 Å². The Morgan fingerprint density at radius 2 is 1.43 bits per heavy atom. The molecule has 1 atom stereocenters. The number of quaternary nitrogens is 1. The van der Waals surface area contributed by atoms with E-state index in [1.807, 2.05) is 0 Å². The zero-order chi connectivity index (χ0) is 15.9. The molecule has 3 nitrogen and oxygen atoms in total. The van der Waals surface area contributed by atoms with Crippen LogP contribution in [0.15, 0.2) is 0 Å². The summed E-state index contributed by atoms with van der Waals surface area (Å²) < 4.78 is 5.42. The second kappa shape index (κ2) is 14.4. The maximum absolute atomic E-state index is 11.1. The van der Waals surface area contributed by atoms with Crippen LogP contribution in [0, 0.1) is 0 Å². The van der Waals surface area contributed by atoms with Gasteiger partial charge in [-0.15, -0.1) is 0 Å². The van der Waals surface area contributed by atoms with Gasteiger partial charge in [0, 0.05) is 13.3 Å². The molecule has 0 rings (SSSR count). The SMILES string of the molecule is CCCCCCCCCCCC(CC[NH+](C)C)OC(C)=O. The molecular formula is C18H38NO2+. The zero-order valence-electron chi connectivity index (χ0n) is 14.9. The predicted molar refractivity (Wildman–Crippen MR) is 89.7 cm³/mol. The van der Waals surface area contributed by atoms with Crippen LogP contribution in [0.1, 0.15) is 84.5 Å². The first kappa shape index (κ1) is 20.4. The van der Waals surface area contributed by atoms with E-state index in [-0.39, 0.29) is 12.1 Å². The van der Waals surface area contributed by atoms with Crippen molar-refractivity contribution in [1.29, 1.82) is 0 Å². The van der Waals surface area contributed by atoms with E-state index < -0.39 is 0 Å². The highest BCUT2D eigenvalue weighted by atomic mass is 16.5. The number of carbonyl (C=O) groups excluding carboxylic acids is 1. The van der Waals surface area contributed by atoms with Crippen LogP contribution in [0.3, 0.4) is 0 Å². The van der Waals surface area contributed by atoms with Gasteiger partial charge in [-0.25, -0.2) is 0 Å². The zero-order valence-corrected chi connectivity index (χ0v) is 14.9. The molecule has 0 aromatic rings. The van der Waals surface area contributed by atoms with Crippen LogP contribution in [-0.2, 0) is 9.53 Å². The molecule has 21 heavy (non-hydrogen) atoms. The maximum atomic E-state index is 11.1. The minimum Gasteiger partial charge on any atom is -0.462 e. The molecule has 126 valence electrons. The van der Waals surface area contributed by atoms with Gasteiger partial charge in [-0.05, 0) is 12.8 Å². The highest BCUT2D eigenvalue weighted by Crippen LogP contribution is 2.13. The molecule has 1 N–H and O–H groups in total. The van der Waals surface area contributed by atoms with Crippen molar-refractivity contribution in [3.8, 4) is 0 Å². The van der Waals surface area contributed by atoms with Crippen molar-refractivity contribution < 1.29 is 14.4 Å². The number of unbranched alkanes of at least 4 members (excludes halogenated alkanes) is 8. The van der Waals surface area contributed by atoms with E-state index >= 15 is 0 Å². The minimum absolute atomic E-state index is 0.127. The number of nitrogens with one attached hydrogen (secondary N) is 1. The first-order valence-electron chi connectivity index (χ1n) is 9.02. The van der Waals surface area contributed by atoms with Crippen LogP contribution < -0.4 is 4.90 Å². The first-order chi connectivity index (χ1) is 10.1. The van der Waals surface area contributed by atoms with Crippen LogP contribution in [0.4, 0.5) is 0 Å². The van der Waals surface area contributed by atoms with Crippen molar-refractivity contribution in [1.82, 2.24) is 0 Å². The highest BCUT2D eigenvalue weighted by Gasteiger charge is 2.13. The molecule has 0 aliphatic heterocycles. The average Bonchev–Trinajstić information content (AvgIpc) is 2.42. The van der Waals surface area contributed by atoms with Crippen LogP contribution in [0.25, 0.3) is 0 Å². The summed E-state index contributed by atoms with van der Waals surface area (Å²) in [5.41, 5.74) is 0. The van der Waals surface area contributed by atoms with Gasteiger partial charge in [0.25, 0.3) is 0 Å². The fourth-order valence-corrected chi connectivity index (χ4v) is 2.63. The molecule has 0 radical (unpaired) electrons. The highest BCUT2D eigenvalue weighted by molar-refractivity contribution is 5.66. The van der Waals surface area contributed by atoms with Crippen molar-refractivity contribution in [3.05, 3.63) is 0 Å². The summed E-state index contributed by atoms with van der Waals surface area (Å²) in [6.07, 6.45) is 14.2. The fourth-order valence-electron chi connectivity index (χ4n) is 2.63. The van der Waals surface area contributed by atoms with E-state index in [9.17, 15) is 4.79 Å². The van der Waals surface area contributed by atoms with Crippen LogP contribution >= 0.6 is 0 Å². The van der Waals surface area contributed by atoms with Gasteiger partial charge in [0.2, 0.25) is 0 Å². The number of carbonyl (C=O) groups is 1. The van der Waals surface area contributed by atoms with E-state index in [2.05, 4.69) is 21.0 Å². The van der Waals surface area contributed by atoms with E-state index in [1.165, 1.54) is 69.6 Å². The summed E-state index contributed by atoms with van der Waals surface area (Å²) in [6, 6.07) is 0. The number of esters is 1. The lowest BCUT2D eigenvalue weighted by Crippen LogP contribution is -3.05. The molecule has 3 heteroatoms. The summed E-state index contributed by atoms with van der Waals surface area (Å²) in [6.45, 7) is 4.85. The third kappa shape index (κ3) is 15.6. The largest absolute Gasteiger partial charge is 0.462 e. The Bertz CT molecular complexity index is 241. The molecule has 0 saturated heterocycles. The number of hydrogen-bond donors (Lipinski definition) is 1. The molecule has 1 unspecified atom stereocenters. The van der Waals surface area contributed by atoms with Crippen molar-refractivity contribution in [2.75, 3.05) is 20.6 Å². The molecule has 0 aromatic carbocycles. The maximum Gasteiger partial charge on any atom is 0.302 e. The van der Waals surface area contributed by atoms with Gasteiger partial charge in [0.05, 0.1) is 20.6 Å². The van der Waals surface area contributed by atoms with Gasteiger partial charge in [0.15, 0.2) is 0 Å². The van der Waals surface area contributed by atoms with Gasteiger partial charge in [-0.3, -0.25) is 4.79 Å². The topological polar surface area (TPSA) is 30.7 Å². The smallest absolute Gasteiger partial charge is 0.302 e. The van der Waals surface area contributed by atoms with Crippen molar-refractivity contribution in [2.45, 2.75) is 90.6 Å². The van der Waals surface area contributed by atoms with E-state index in [4.69, 9.17) is 4.74 Å². The average molecular weight is 301 g/mol. The summed E-state index contributed by atoms with van der Waals surface area (Å²) in [4.78, 5) is 12.5. The second-order valence-corrected chi connectivity index (χ2v) is 6.59. The molecular weight excluding hydrogens is 262 g/mol. The van der Waals surface area contributed by atoms with Crippen LogP contribution in [0.2, 0.25) is 0 Å². The van der Waals surface area contributed by atoms with Gasteiger partial charge < -0.3 is 9.64 Å². The van der Waals surface area contributed by atoms with Crippen LogP contribution in [0.5, 0.6) is 0 Å². The Balaban J connectivity index is 3.56. The molecule has 0 aliphatic carbocycles. The minimum atomic E-state index is -0.135. The monoisotopic (exact) mass is 300 g/mol. The molecule has 0 bridgehead atoms. The van der Waals surface area contributed by atoms with Gasteiger partial charge in [-0.2, -0.15) is 0 Å². The van der Waals surface area contributed by atoms with Gasteiger partial charge >= 0.3 is 5.97 Å². The quantitative estimate of drug-likeness (QED) is 0.394. The molecule has 0 spiro atoms. The molecule has 0 saturated carbocycles. The van der Waals surface area contributed by atoms with Crippen LogP contribution in [-0.4, -0.2) is 32.7 Å². The number of rotatable bonds is 14. The summed E-state index contributed by atoms with van der Waals surface area (Å²) in [5, 5.41) is 0. The Kier molecular flexibility index (Phi) is 14.0. The van der Waals surface area contributed by atoms with E-state index in [0.29, 0.717) is 0 Å². The predicted octanol–water partition coefficient (Wildman–Crippen LogP) is 3.37. The lowest BCUT2D eigenvalue weighted by atomic mass is 10.0. The lowest BCUT2D eigenvalue weighted by Gasteiger charge is -2.18. The molecule has 0 amide bonds.